The summed E-state index contributed by atoms with van der Waals surface area (Å²) in [5.74, 6) is 0. The smallest absolute Gasteiger partial charge is 0.0142 e. The van der Waals surface area contributed by atoms with Crippen molar-refractivity contribution in [3.8, 4) is 0 Å². The monoisotopic (exact) mass is 184 g/mol. The highest BCUT2D eigenvalue weighted by Crippen LogP contribution is 2.19. The third-order valence-corrected chi connectivity index (χ3v) is 2.02. The Balaban J connectivity index is 3.85. The van der Waals surface area contributed by atoms with Gasteiger partial charge in [-0.15, -0.1) is 11.8 Å². The van der Waals surface area contributed by atoms with Gasteiger partial charge in [0.25, 0.3) is 0 Å². The van der Waals surface area contributed by atoms with Crippen molar-refractivity contribution in [3.05, 3.63) is 23.1 Å². The van der Waals surface area contributed by atoms with E-state index < -0.39 is 0 Å². The Bertz CT molecular complexity index is 170. The van der Waals surface area contributed by atoms with Crippen molar-refractivity contribution in [3.63, 3.8) is 0 Å². The molecule has 0 amide bonds. The second-order valence-corrected chi connectivity index (χ2v) is 4.97. The third-order valence-electron chi connectivity index (χ3n) is 1.41. The van der Waals surface area contributed by atoms with E-state index in [9.17, 15) is 0 Å². The van der Waals surface area contributed by atoms with Crippen molar-refractivity contribution < 1.29 is 0 Å². The van der Waals surface area contributed by atoms with Crippen molar-refractivity contribution >= 4 is 11.8 Å². The molecule has 0 N–H and O–H groups in total. The van der Waals surface area contributed by atoms with E-state index in [1.54, 1.807) is 11.8 Å². The van der Waals surface area contributed by atoms with Crippen LogP contribution < -0.4 is 0 Å². The van der Waals surface area contributed by atoms with Crippen molar-refractivity contribution in [1.82, 2.24) is 0 Å². The zero-order valence-corrected chi connectivity index (χ0v) is 9.66. The Hall–Kier alpha value is -0.170. The van der Waals surface area contributed by atoms with Crippen LogP contribution in [0.5, 0.6) is 0 Å². The van der Waals surface area contributed by atoms with Gasteiger partial charge in [-0.2, -0.15) is 0 Å². The average Bonchev–Trinajstić information content (AvgIpc) is 1.84. The molecule has 0 aromatic rings. The van der Waals surface area contributed by atoms with Crippen LogP contribution in [-0.2, 0) is 0 Å². The number of hydrogen-bond donors (Lipinski definition) is 0. The molecule has 0 saturated heterocycles. The van der Waals surface area contributed by atoms with Gasteiger partial charge in [0.1, 0.15) is 0 Å². The SMILES string of the molecule is CSC=C(C)C=CCC(C)(C)C. The quantitative estimate of drug-likeness (QED) is 0.591. The number of thioether (sulfide) groups is 1. The summed E-state index contributed by atoms with van der Waals surface area (Å²) in [4.78, 5) is 0. The van der Waals surface area contributed by atoms with Crippen LogP contribution in [0.2, 0.25) is 0 Å². The molecule has 0 aliphatic carbocycles. The van der Waals surface area contributed by atoms with Gasteiger partial charge < -0.3 is 0 Å². The van der Waals surface area contributed by atoms with Crippen LogP contribution in [0.4, 0.5) is 0 Å². The molecule has 0 aromatic carbocycles. The molecule has 0 fully saturated rings. The van der Waals surface area contributed by atoms with E-state index in [0.29, 0.717) is 5.41 Å². The average molecular weight is 184 g/mol. The molecule has 1 heteroatoms. The molecular formula is C11H20S. The van der Waals surface area contributed by atoms with Crippen LogP contribution in [0.25, 0.3) is 0 Å². The number of allylic oxidation sites excluding steroid dienone is 3. The summed E-state index contributed by atoms with van der Waals surface area (Å²) in [5.41, 5.74) is 1.75. The first-order valence-corrected chi connectivity index (χ1v) is 5.60. The van der Waals surface area contributed by atoms with Crippen LogP contribution in [0.3, 0.4) is 0 Å². The summed E-state index contributed by atoms with van der Waals surface area (Å²) in [5, 5.41) is 2.17. The van der Waals surface area contributed by atoms with E-state index in [2.05, 4.69) is 51.5 Å². The van der Waals surface area contributed by atoms with Crippen LogP contribution >= 0.6 is 11.8 Å². The van der Waals surface area contributed by atoms with E-state index >= 15 is 0 Å². The summed E-state index contributed by atoms with van der Waals surface area (Å²) in [6.45, 7) is 8.90. The van der Waals surface area contributed by atoms with Gasteiger partial charge in [-0.1, -0.05) is 32.9 Å². The molecule has 0 bridgehead atoms. The van der Waals surface area contributed by atoms with Gasteiger partial charge in [-0.25, -0.2) is 0 Å². The zero-order valence-electron chi connectivity index (χ0n) is 8.85. The largest absolute Gasteiger partial charge is 0.137 e. The highest BCUT2D eigenvalue weighted by molar-refractivity contribution is 8.01. The Morgan fingerprint density at radius 2 is 1.92 bits per heavy atom. The Morgan fingerprint density at radius 1 is 1.33 bits per heavy atom. The van der Waals surface area contributed by atoms with Gasteiger partial charge >= 0.3 is 0 Å². The zero-order chi connectivity index (χ0) is 9.61. The standard InChI is InChI=1S/C11H20S/c1-10(9-12-5)7-6-8-11(2,3)4/h6-7,9H,8H2,1-5H3. The molecule has 0 nitrogen and oxygen atoms in total. The molecule has 0 rings (SSSR count). The molecule has 0 saturated carbocycles. The topological polar surface area (TPSA) is 0 Å². The summed E-state index contributed by atoms with van der Waals surface area (Å²) in [7, 11) is 0. The first-order valence-electron chi connectivity index (χ1n) is 4.32. The minimum absolute atomic E-state index is 0.413. The molecule has 0 aromatic heterocycles. The molecule has 70 valence electrons. The molecule has 0 atom stereocenters. The van der Waals surface area contributed by atoms with E-state index in [1.165, 1.54) is 5.57 Å². The summed E-state index contributed by atoms with van der Waals surface area (Å²) >= 11 is 1.75. The van der Waals surface area contributed by atoms with Crippen molar-refractivity contribution in [1.29, 1.82) is 0 Å². The maximum atomic E-state index is 2.25. The van der Waals surface area contributed by atoms with E-state index in [1.807, 2.05) is 0 Å². The predicted molar refractivity (Wildman–Crippen MR) is 60.5 cm³/mol. The Labute approximate surface area is 81.1 Å². The lowest BCUT2D eigenvalue weighted by atomic mass is 9.92. The summed E-state index contributed by atoms with van der Waals surface area (Å²) in [6.07, 6.45) is 7.68. The fraction of sp³-hybridized carbons (Fsp3) is 0.636. The lowest BCUT2D eigenvalue weighted by Crippen LogP contribution is -2.01. The van der Waals surface area contributed by atoms with Gasteiger partial charge in [-0.05, 0) is 36.0 Å². The second kappa shape index (κ2) is 5.47. The second-order valence-electron chi connectivity index (χ2n) is 4.26. The third kappa shape index (κ3) is 7.93. The first-order chi connectivity index (χ1) is 5.45. The molecule has 0 radical (unpaired) electrons. The Kier molecular flexibility index (Phi) is 5.39. The molecular weight excluding hydrogens is 164 g/mol. The van der Waals surface area contributed by atoms with Crippen LogP contribution in [0.15, 0.2) is 23.1 Å². The highest BCUT2D eigenvalue weighted by Gasteiger charge is 2.05. The number of rotatable bonds is 3. The van der Waals surface area contributed by atoms with Gasteiger partial charge in [0.05, 0.1) is 0 Å². The molecule has 0 spiro atoms. The lowest BCUT2D eigenvalue weighted by Gasteiger charge is -2.14. The fourth-order valence-electron chi connectivity index (χ4n) is 0.824. The minimum Gasteiger partial charge on any atom is -0.137 e. The normalized spacial score (nSPS) is 14.2. The maximum Gasteiger partial charge on any atom is -0.0142 e. The van der Waals surface area contributed by atoms with Crippen LogP contribution in [0.1, 0.15) is 34.1 Å². The summed E-state index contributed by atoms with van der Waals surface area (Å²) in [6, 6.07) is 0. The summed E-state index contributed by atoms with van der Waals surface area (Å²) < 4.78 is 0. The van der Waals surface area contributed by atoms with E-state index in [4.69, 9.17) is 0 Å². The van der Waals surface area contributed by atoms with E-state index in [0.717, 1.165) is 6.42 Å². The number of hydrogen-bond acceptors (Lipinski definition) is 1. The van der Waals surface area contributed by atoms with Gasteiger partial charge in [0.15, 0.2) is 0 Å². The minimum atomic E-state index is 0.413. The molecule has 0 aliphatic rings. The van der Waals surface area contributed by atoms with Gasteiger partial charge in [0.2, 0.25) is 0 Å². The molecule has 12 heavy (non-hydrogen) atoms. The lowest BCUT2D eigenvalue weighted by molar-refractivity contribution is 0.420. The van der Waals surface area contributed by atoms with Gasteiger partial charge in [0, 0.05) is 0 Å². The predicted octanol–water partition coefficient (Wildman–Crippen LogP) is 4.25. The first kappa shape index (κ1) is 11.8. The molecule has 0 heterocycles. The van der Waals surface area contributed by atoms with Gasteiger partial charge in [-0.3, -0.25) is 0 Å². The van der Waals surface area contributed by atoms with Crippen LogP contribution in [0, 0.1) is 5.41 Å². The van der Waals surface area contributed by atoms with E-state index in [-0.39, 0.29) is 0 Å². The Morgan fingerprint density at radius 3 is 2.33 bits per heavy atom. The van der Waals surface area contributed by atoms with Crippen LogP contribution in [-0.4, -0.2) is 6.26 Å². The van der Waals surface area contributed by atoms with Crippen molar-refractivity contribution in [2.45, 2.75) is 34.1 Å². The maximum absolute atomic E-state index is 2.25. The fourth-order valence-corrected chi connectivity index (χ4v) is 1.27. The molecule has 0 unspecified atom stereocenters. The highest BCUT2D eigenvalue weighted by atomic mass is 32.2. The van der Waals surface area contributed by atoms with Crippen molar-refractivity contribution in [2.75, 3.05) is 6.26 Å². The molecule has 0 aliphatic heterocycles. The van der Waals surface area contributed by atoms with Crippen molar-refractivity contribution in [2.24, 2.45) is 5.41 Å².